The van der Waals surface area contributed by atoms with Gasteiger partial charge in [-0.3, -0.25) is 14.3 Å². The lowest BCUT2D eigenvalue weighted by molar-refractivity contribution is -0.138. The molecule has 1 unspecified atom stereocenters. The normalized spacial score (nSPS) is 11.8. The minimum Gasteiger partial charge on any atom is -0.481 e. The van der Waals surface area contributed by atoms with E-state index in [9.17, 15) is 9.59 Å². The summed E-state index contributed by atoms with van der Waals surface area (Å²) in [6.45, 7) is 5.13. The highest BCUT2D eigenvalue weighted by Gasteiger charge is 2.15. The number of ether oxygens (including phenoxy) is 1. The van der Waals surface area contributed by atoms with Crippen molar-refractivity contribution in [2.24, 2.45) is 7.05 Å². The van der Waals surface area contributed by atoms with Crippen molar-refractivity contribution in [1.29, 1.82) is 0 Å². The molecule has 24 heavy (non-hydrogen) atoms. The smallest absolute Gasteiger partial charge is 0.310 e. The number of nitrogens with one attached hydrogen (secondary N) is 1. The fraction of sp³-hybridized carbons (Fsp3) is 0.353. The molecule has 0 fully saturated rings. The third-order valence-electron chi connectivity index (χ3n) is 3.83. The number of aryl methyl sites for hydroxylation is 2. The number of hydrogen-bond donors (Lipinski definition) is 2. The summed E-state index contributed by atoms with van der Waals surface area (Å²) in [5.74, 6) is -1.28. The summed E-state index contributed by atoms with van der Waals surface area (Å²) in [6.07, 6.45) is 0. The van der Waals surface area contributed by atoms with E-state index >= 15 is 0 Å². The second-order valence-corrected chi connectivity index (χ2v) is 5.65. The van der Waals surface area contributed by atoms with E-state index in [4.69, 9.17) is 9.84 Å². The fourth-order valence-electron chi connectivity index (χ4n) is 2.33. The van der Waals surface area contributed by atoms with Crippen LogP contribution in [-0.4, -0.2) is 33.4 Å². The number of carboxylic acids is 1. The zero-order valence-electron chi connectivity index (χ0n) is 14.2. The van der Waals surface area contributed by atoms with Crippen LogP contribution in [0.4, 0.5) is 5.69 Å². The zero-order valence-corrected chi connectivity index (χ0v) is 14.2. The highest BCUT2D eigenvalue weighted by Crippen LogP contribution is 2.22. The Balaban J connectivity index is 2.00. The Morgan fingerprint density at radius 3 is 2.67 bits per heavy atom. The first-order valence-corrected chi connectivity index (χ1v) is 7.55. The van der Waals surface area contributed by atoms with Crippen LogP contribution in [0.15, 0.2) is 24.3 Å². The van der Waals surface area contributed by atoms with Crippen molar-refractivity contribution in [2.45, 2.75) is 26.7 Å². The van der Waals surface area contributed by atoms with Crippen LogP contribution in [0.5, 0.6) is 5.75 Å². The molecule has 0 saturated heterocycles. The molecule has 0 aliphatic heterocycles. The lowest BCUT2D eigenvalue weighted by Gasteiger charge is -2.11. The van der Waals surface area contributed by atoms with E-state index in [0.29, 0.717) is 17.0 Å². The molecule has 2 N–H and O–H groups in total. The molecule has 1 aromatic heterocycles. The highest BCUT2D eigenvalue weighted by molar-refractivity contribution is 5.92. The van der Waals surface area contributed by atoms with Crippen molar-refractivity contribution >= 4 is 17.6 Å². The molecule has 2 aromatic rings. The molecule has 1 heterocycles. The number of aromatic nitrogens is 2. The minimum atomic E-state index is -0.913. The average molecular weight is 331 g/mol. The molecule has 7 heteroatoms. The maximum absolute atomic E-state index is 12.1. The third kappa shape index (κ3) is 3.92. The van der Waals surface area contributed by atoms with Gasteiger partial charge in [-0.25, -0.2) is 0 Å². The summed E-state index contributed by atoms with van der Waals surface area (Å²) in [5.41, 5.74) is 2.73. The molecule has 7 nitrogen and oxygen atoms in total. The summed E-state index contributed by atoms with van der Waals surface area (Å²) in [6, 6.07) is 6.78. The summed E-state index contributed by atoms with van der Waals surface area (Å²) in [5, 5.41) is 16.0. The van der Waals surface area contributed by atoms with Gasteiger partial charge in [-0.2, -0.15) is 5.10 Å². The highest BCUT2D eigenvalue weighted by atomic mass is 16.5. The Morgan fingerprint density at radius 1 is 1.38 bits per heavy atom. The Bertz CT molecular complexity index is 767. The van der Waals surface area contributed by atoms with Crippen molar-refractivity contribution < 1.29 is 19.4 Å². The molecule has 1 atom stereocenters. The van der Waals surface area contributed by atoms with Crippen LogP contribution < -0.4 is 10.1 Å². The van der Waals surface area contributed by atoms with Gasteiger partial charge in [0.15, 0.2) is 12.4 Å². The molecular weight excluding hydrogens is 310 g/mol. The lowest BCUT2D eigenvalue weighted by atomic mass is 10.0. The van der Waals surface area contributed by atoms with Crippen LogP contribution >= 0.6 is 0 Å². The first kappa shape index (κ1) is 17.5. The summed E-state index contributed by atoms with van der Waals surface area (Å²) < 4.78 is 7.24. The van der Waals surface area contributed by atoms with E-state index in [0.717, 1.165) is 11.4 Å². The minimum absolute atomic E-state index is 0.147. The Hall–Kier alpha value is -2.83. The predicted octanol–water partition coefficient (Wildman–Crippen LogP) is 2.24. The summed E-state index contributed by atoms with van der Waals surface area (Å²) in [7, 11) is 1.81. The first-order valence-electron chi connectivity index (χ1n) is 7.55. The molecule has 0 radical (unpaired) electrons. The number of rotatable bonds is 6. The van der Waals surface area contributed by atoms with Crippen LogP contribution in [-0.2, 0) is 16.6 Å². The topological polar surface area (TPSA) is 93.5 Å². The summed E-state index contributed by atoms with van der Waals surface area (Å²) >= 11 is 0. The van der Waals surface area contributed by atoms with Gasteiger partial charge in [0.05, 0.1) is 11.6 Å². The van der Waals surface area contributed by atoms with Crippen molar-refractivity contribution in [1.82, 2.24) is 9.78 Å². The van der Waals surface area contributed by atoms with Gasteiger partial charge in [0, 0.05) is 12.7 Å². The van der Waals surface area contributed by atoms with Crippen LogP contribution in [0.25, 0.3) is 0 Å². The van der Waals surface area contributed by atoms with E-state index in [-0.39, 0.29) is 12.5 Å². The zero-order chi connectivity index (χ0) is 17.9. The van der Waals surface area contributed by atoms with Gasteiger partial charge >= 0.3 is 5.97 Å². The number of hydrogen-bond acceptors (Lipinski definition) is 4. The quantitative estimate of drug-likeness (QED) is 0.847. The van der Waals surface area contributed by atoms with Gasteiger partial charge < -0.3 is 15.2 Å². The Kier molecular flexibility index (Phi) is 5.23. The Labute approximate surface area is 140 Å². The fourth-order valence-corrected chi connectivity index (χ4v) is 2.33. The molecule has 0 spiro atoms. The second kappa shape index (κ2) is 7.16. The van der Waals surface area contributed by atoms with Crippen molar-refractivity contribution in [3.63, 3.8) is 0 Å². The van der Waals surface area contributed by atoms with Gasteiger partial charge in [-0.05, 0) is 38.5 Å². The number of benzene rings is 1. The van der Waals surface area contributed by atoms with Gasteiger partial charge in [0.25, 0.3) is 5.91 Å². The largest absolute Gasteiger partial charge is 0.481 e. The van der Waals surface area contributed by atoms with Gasteiger partial charge in [-0.15, -0.1) is 0 Å². The number of carboxylic acid groups (broad SMARTS) is 1. The molecule has 0 aliphatic carbocycles. The predicted molar refractivity (Wildman–Crippen MR) is 89.3 cm³/mol. The molecule has 1 aromatic carbocycles. The van der Waals surface area contributed by atoms with E-state index in [1.807, 2.05) is 20.9 Å². The second-order valence-electron chi connectivity index (χ2n) is 5.65. The van der Waals surface area contributed by atoms with E-state index in [1.54, 1.807) is 35.9 Å². The summed E-state index contributed by atoms with van der Waals surface area (Å²) in [4.78, 5) is 23.1. The number of anilines is 1. The van der Waals surface area contributed by atoms with Crippen molar-refractivity contribution in [2.75, 3.05) is 11.9 Å². The first-order chi connectivity index (χ1) is 11.3. The van der Waals surface area contributed by atoms with Crippen molar-refractivity contribution in [3.05, 3.63) is 41.2 Å². The van der Waals surface area contributed by atoms with Gasteiger partial charge in [0.2, 0.25) is 0 Å². The van der Waals surface area contributed by atoms with Gasteiger partial charge in [-0.1, -0.05) is 12.1 Å². The van der Waals surface area contributed by atoms with Crippen LogP contribution in [0, 0.1) is 13.8 Å². The number of nitrogens with zero attached hydrogens (tertiary/aromatic N) is 2. The third-order valence-corrected chi connectivity index (χ3v) is 3.83. The monoisotopic (exact) mass is 331 g/mol. The molecule has 128 valence electrons. The number of amides is 1. The lowest BCUT2D eigenvalue weighted by Crippen LogP contribution is -2.20. The molecule has 0 saturated carbocycles. The number of carbonyl (C=O) groups is 2. The molecule has 2 rings (SSSR count). The SMILES string of the molecule is Cc1nn(C)c(C)c1OCC(=O)Nc1cccc(C(C)C(=O)O)c1. The Morgan fingerprint density at radius 2 is 2.08 bits per heavy atom. The van der Waals surface area contributed by atoms with Crippen LogP contribution in [0.1, 0.15) is 29.8 Å². The van der Waals surface area contributed by atoms with Crippen LogP contribution in [0.3, 0.4) is 0 Å². The number of carbonyl (C=O) groups excluding carboxylic acids is 1. The van der Waals surface area contributed by atoms with Crippen LogP contribution in [0.2, 0.25) is 0 Å². The molecule has 1 amide bonds. The standard InChI is InChI=1S/C17H21N3O4/c1-10(17(22)23)13-6-5-7-14(8-13)18-15(21)9-24-16-11(2)19-20(4)12(16)3/h5-8,10H,9H2,1-4H3,(H,18,21)(H,22,23). The van der Waals surface area contributed by atoms with E-state index in [2.05, 4.69) is 10.4 Å². The van der Waals surface area contributed by atoms with Gasteiger partial charge in [0.1, 0.15) is 5.69 Å². The molecule has 0 bridgehead atoms. The van der Waals surface area contributed by atoms with Crippen molar-refractivity contribution in [3.8, 4) is 5.75 Å². The molecule has 0 aliphatic rings. The maximum Gasteiger partial charge on any atom is 0.310 e. The van der Waals surface area contributed by atoms with E-state index in [1.165, 1.54) is 0 Å². The average Bonchev–Trinajstić information content (AvgIpc) is 2.77. The molecular formula is C17H21N3O4. The number of aliphatic carboxylic acids is 1. The van der Waals surface area contributed by atoms with E-state index < -0.39 is 11.9 Å². The maximum atomic E-state index is 12.1.